The van der Waals surface area contributed by atoms with Crippen molar-refractivity contribution < 1.29 is 18.9 Å². The Hall–Kier alpha value is -2.00. The van der Waals surface area contributed by atoms with E-state index in [0.29, 0.717) is 24.9 Å². The molecule has 2 aliphatic rings. The highest BCUT2D eigenvalue weighted by Gasteiger charge is 2.51. The number of urea groups is 1. The molecule has 0 aliphatic carbocycles. The summed E-state index contributed by atoms with van der Waals surface area (Å²) >= 11 is 0. The van der Waals surface area contributed by atoms with Gasteiger partial charge in [0.05, 0.1) is 13.2 Å². The number of methoxy groups -OCH3 is 1. The number of likely N-dealkylation sites (N-methyl/N-ethyl adjacent to an activating group) is 2. The van der Waals surface area contributed by atoms with Crippen LogP contribution in [0.5, 0.6) is 0 Å². The Morgan fingerprint density at radius 1 is 1.42 bits per heavy atom. The van der Waals surface area contributed by atoms with Crippen molar-refractivity contribution in [2.75, 3.05) is 34.4 Å². The molecule has 0 aromatic heterocycles. The third-order valence-electron chi connectivity index (χ3n) is 3.20. The quantitative estimate of drug-likeness (QED) is 0.343. The number of amides is 3. The third kappa shape index (κ3) is 1.96. The summed E-state index contributed by atoms with van der Waals surface area (Å²) in [7, 11) is 4.59. The average Bonchev–Trinajstić information content (AvgIpc) is 2.79. The summed E-state index contributed by atoms with van der Waals surface area (Å²) in [5.41, 5.74) is 2.44. The number of carbonyl (C=O) groups excluding carboxylic acids is 2. The van der Waals surface area contributed by atoms with Crippen molar-refractivity contribution in [3.8, 4) is 0 Å². The molecule has 104 valence electrons. The second-order valence-electron chi connectivity index (χ2n) is 4.27. The number of hydrogen-bond acceptors (Lipinski definition) is 6. The summed E-state index contributed by atoms with van der Waals surface area (Å²) in [5, 5.41) is 0. The molecule has 0 aromatic carbocycles. The molecule has 0 bridgehead atoms. The highest BCUT2D eigenvalue weighted by molar-refractivity contribution is 6.22. The van der Waals surface area contributed by atoms with Crippen LogP contribution in [0.2, 0.25) is 0 Å². The van der Waals surface area contributed by atoms with E-state index in [0.717, 1.165) is 4.90 Å². The molecule has 2 aliphatic heterocycles. The molecular formula is C10H17N6O3+. The van der Waals surface area contributed by atoms with Crippen LogP contribution in [0.25, 0.3) is 0 Å². The first-order valence-corrected chi connectivity index (χ1v) is 5.76. The van der Waals surface area contributed by atoms with Crippen LogP contribution in [-0.2, 0) is 9.53 Å². The zero-order chi connectivity index (χ0) is 14.2. The first-order valence-electron chi connectivity index (χ1n) is 5.76. The van der Waals surface area contributed by atoms with Crippen molar-refractivity contribution in [2.24, 2.45) is 10.8 Å². The van der Waals surface area contributed by atoms with Crippen LogP contribution in [0.4, 0.5) is 4.79 Å². The Labute approximate surface area is 110 Å². The largest absolute Gasteiger partial charge is 0.407 e. The van der Waals surface area contributed by atoms with E-state index in [-0.39, 0.29) is 5.91 Å². The molecule has 0 radical (unpaired) electrons. The van der Waals surface area contributed by atoms with Crippen LogP contribution in [0.1, 0.15) is 0 Å². The summed E-state index contributed by atoms with van der Waals surface area (Å²) in [6.07, 6.45) is 0. The number of nitrogens with two attached hydrogens (primary N) is 1. The van der Waals surface area contributed by atoms with Crippen LogP contribution >= 0.6 is 0 Å². The van der Waals surface area contributed by atoms with Gasteiger partial charge >= 0.3 is 12.0 Å². The first-order chi connectivity index (χ1) is 9.02. The topological polar surface area (TPSA) is 103 Å². The lowest BCUT2D eigenvalue weighted by molar-refractivity contribution is -0.539. The van der Waals surface area contributed by atoms with E-state index in [4.69, 9.17) is 10.6 Å². The second kappa shape index (κ2) is 4.94. The molecule has 1 saturated heterocycles. The number of hydrogen-bond donors (Lipinski definition) is 2. The van der Waals surface area contributed by atoms with Gasteiger partial charge in [0.15, 0.2) is 0 Å². The van der Waals surface area contributed by atoms with E-state index >= 15 is 0 Å². The number of ether oxygens (including phenoxy) is 1. The molecule has 0 spiro atoms. The lowest BCUT2D eigenvalue weighted by Crippen LogP contribution is -2.61. The molecule has 1 fully saturated rings. The van der Waals surface area contributed by atoms with Crippen molar-refractivity contribution in [2.45, 2.75) is 6.04 Å². The fraction of sp³-hybridized carbons (Fsp3) is 0.600. The van der Waals surface area contributed by atoms with Crippen LogP contribution < -0.4 is 11.3 Å². The summed E-state index contributed by atoms with van der Waals surface area (Å²) < 4.78 is 6.69. The third-order valence-corrected chi connectivity index (χ3v) is 3.20. The van der Waals surface area contributed by atoms with Crippen molar-refractivity contribution in [1.82, 2.24) is 15.2 Å². The highest BCUT2D eigenvalue weighted by atomic mass is 16.5. The summed E-state index contributed by atoms with van der Waals surface area (Å²) in [6, 6.07) is -1.06. The minimum Gasteiger partial charge on any atom is -0.381 e. The molecule has 9 heteroatoms. The van der Waals surface area contributed by atoms with Crippen molar-refractivity contribution in [3.05, 3.63) is 0 Å². The van der Waals surface area contributed by atoms with Crippen LogP contribution in [0.3, 0.4) is 0 Å². The number of amidine groups is 1. The van der Waals surface area contributed by atoms with Gasteiger partial charge in [-0.15, -0.1) is 0 Å². The van der Waals surface area contributed by atoms with Crippen molar-refractivity contribution >= 4 is 23.7 Å². The van der Waals surface area contributed by atoms with Gasteiger partial charge in [-0.25, -0.2) is 14.8 Å². The highest BCUT2D eigenvalue weighted by Crippen LogP contribution is 2.17. The minimum absolute atomic E-state index is 0.330. The Balaban J connectivity index is 2.38. The zero-order valence-corrected chi connectivity index (χ0v) is 11.1. The molecule has 0 aromatic rings. The van der Waals surface area contributed by atoms with E-state index in [1.165, 1.54) is 11.9 Å². The van der Waals surface area contributed by atoms with Gasteiger partial charge < -0.3 is 4.74 Å². The molecule has 1 unspecified atom stereocenters. The fourth-order valence-corrected chi connectivity index (χ4v) is 2.14. The van der Waals surface area contributed by atoms with E-state index < -0.39 is 12.1 Å². The molecule has 3 amide bonds. The maximum atomic E-state index is 12.2. The van der Waals surface area contributed by atoms with E-state index in [1.54, 1.807) is 18.7 Å². The standard InChI is InChI=1S/C10H16N6O3/c1-14-7-6(8(17)15(2)10(14)18)16(4-5-19-3)9(12-7)13-11/h6H,4-5,11H2,1-3H3/p+1. The number of hydrazine groups is 1. The number of imide groups is 1. The molecular weight excluding hydrogens is 252 g/mol. The first kappa shape index (κ1) is 13.4. The maximum absolute atomic E-state index is 12.2. The predicted molar refractivity (Wildman–Crippen MR) is 66.5 cm³/mol. The van der Waals surface area contributed by atoms with Gasteiger partial charge in [-0.1, -0.05) is 4.99 Å². The Kier molecular flexibility index (Phi) is 3.49. The summed E-state index contributed by atoms with van der Waals surface area (Å²) in [4.78, 5) is 30.7. The monoisotopic (exact) mass is 269 g/mol. The fourth-order valence-electron chi connectivity index (χ4n) is 2.14. The smallest absolute Gasteiger partial charge is 0.381 e. The molecule has 0 saturated carbocycles. The Bertz CT molecular complexity index is 486. The van der Waals surface area contributed by atoms with E-state index in [1.807, 2.05) is 0 Å². The number of guanidine groups is 1. The maximum Gasteiger partial charge on any atom is 0.407 e. The number of rotatable bonds is 3. The zero-order valence-electron chi connectivity index (χ0n) is 11.1. The van der Waals surface area contributed by atoms with Crippen LogP contribution in [0.15, 0.2) is 4.99 Å². The number of carbonyl (C=O) groups is 2. The second-order valence-corrected chi connectivity index (χ2v) is 4.27. The van der Waals surface area contributed by atoms with E-state index in [9.17, 15) is 9.59 Å². The van der Waals surface area contributed by atoms with Crippen molar-refractivity contribution in [1.29, 1.82) is 0 Å². The lowest BCUT2D eigenvalue weighted by Gasteiger charge is -2.31. The van der Waals surface area contributed by atoms with Gasteiger partial charge in [0.1, 0.15) is 0 Å². The van der Waals surface area contributed by atoms with Crippen LogP contribution in [-0.4, -0.2) is 78.5 Å². The summed E-state index contributed by atoms with van der Waals surface area (Å²) in [6.45, 7) is 0.856. The van der Waals surface area contributed by atoms with Gasteiger partial charge in [0.25, 0.3) is 5.91 Å². The number of nitrogens with zero attached hydrogens (tertiary/aromatic N) is 4. The van der Waals surface area contributed by atoms with Gasteiger partial charge in [0.2, 0.25) is 11.9 Å². The van der Waals surface area contributed by atoms with Gasteiger partial charge in [-0.3, -0.25) is 14.6 Å². The lowest BCUT2D eigenvalue weighted by atomic mass is 10.1. The van der Waals surface area contributed by atoms with E-state index in [2.05, 4.69) is 10.4 Å². The molecule has 2 rings (SSSR count). The van der Waals surface area contributed by atoms with Crippen LogP contribution in [0, 0.1) is 0 Å². The van der Waals surface area contributed by atoms with Crippen molar-refractivity contribution in [3.63, 3.8) is 0 Å². The molecule has 2 heterocycles. The Morgan fingerprint density at radius 2 is 2.11 bits per heavy atom. The normalized spacial score (nSPS) is 22.9. The number of aliphatic imine (C=N–C) groups is 1. The molecule has 19 heavy (non-hydrogen) atoms. The molecule has 9 nitrogen and oxygen atoms in total. The van der Waals surface area contributed by atoms with Gasteiger partial charge in [-0.05, 0) is 0 Å². The molecule has 3 N–H and O–H groups in total. The summed E-state index contributed by atoms with van der Waals surface area (Å²) in [5.74, 6) is 5.79. The van der Waals surface area contributed by atoms with Gasteiger partial charge in [0, 0.05) is 21.2 Å². The minimum atomic E-state index is -0.645. The predicted octanol–water partition coefficient (Wildman–Crippen LogP) is -2.23. The SMILES string of the molecule is COCC[N+]1=C(NN)N=C2C1C(=O)N(C)C(=O)N2C. The van der Waals surface area contributed by atoms with Gasteiger partial charge in [-0.2, -0.15) is 5.84 Å². The molecule has 1 atom stereocenters. The Morgan fingerprint density at radius 3 is 2.68 bits per heavy atom. The average molecular weight is 269 g/mol. The number of fused-ring (bicyclic) bond motifs is 1. The number of nitrogens with one attached hydrogen (secondary N) is 1.